The van der Waals surface area contributed by atoms with Crippen molar-refractivity contribution in [3.63, 3.8) is 0 Å². The minimum atomic E-state index is 0.393. The lowest BCUT2D eigenvalue weighted by Gasteiger charge is -2.17. The van der Waals surface area contributed by atoms with E-state index < -0.39 is 0 Å². The number of rotatable bonds is 6. The van der Waals surface area contributed by atoms with E-state index in [9.17, 15) is 0 Å². The summed E-state index contributed by atoms with van der Waals surface area (Å²) in [6.07, 6.45) is 3.38. The Bertz CT molecular complexity index is 307. The maximum Gasteiger partial charge on any atom is 0.0251 e. The molecule has 1 atom stereocenters. The molecule has 0 bridgehead atoms. The monoisotopic (exact) mass is 220 g/mol. The fourth-order valence-electron chi connectivity index (χ4n) is 1.90. The van der Waals surface area contributed by atoms with Crippen LogP contribution in [-0.4, -0.2) is 6.04 Å². The zero-order valence-electron chi connectivity index (χ0n) is 10.7. The largest absolute Gasteiger partial charge is 0.271 e. The standard InChI is InChI=1S/C14H24N2/c1-11(2)7-8-14(16-15)10-13-6-4-5-12(3)9-13/h4-6,9,11,14,16H,7-8,10,15H2,1-3H3. The second kappa shape index (κ2) is 6.66. The van der Waals surface area contributed by atoms with Gasteiger partial charge in [0.15, 0.2) is 0 Å². The van der Waals surface area contributed by atoms with Crippen molar-refractivity contribution in [3.05, 3.63) is 35.4 Å². The number of hydrogen-bond donors (Lipinski definition) is 2. The molecule has 2 nitrogen and oxygen atoms in total. The maximum atomic E-state index is 5.59. The van der Waals surface area contributed by atoms with E-state index in [0.717, 1.165) is 18.8 Å². The summed E-state index contributed by atoms with van der Waals surface area (Å²) in [7, 11) is 0. The van der Waals surface area contributed by atoms with Crippen molar-refractivity contribution < 1.29 is 0 Å². The van der Waals surface area contributed by atoms with Crippen molar-refractivity contribution in [2.75, 3.05) is 0 Å². The lowest BCUT2D eigenvalue weighted by Crippen LogP contribution is -2.37. The molecular weight excluding hydrogens is 196 g/mol. The molecule has 1 unspecified atom stereocenters. The van der Waals surface area contributed by atoms with E-state index >= 15 is 0 Å². The molecule has 0 aliphatic carbocycles. The molecule has 0 amide bonds. The number of nitrogens with one attached hydrogen (secondary N) is 1. The van der Waals surface area contributed by atoms with Crippen LogP contribution in [0.15, 0.2) is 24.3 Å². The van der Waals surface area contributed by atoms with Crippen LogP contribution in [0.25, 0.3) is 0 Å². The molecule has 16 heavy (non-hydrogen) atoms. The zero-order valence-corrected chi connectivity index (χ0v) is 10.7. The number of aryl methyl sites for hydroxylation is 1. The van der Waals surface area contributed by atoms with Crippen molar-refractivity contribution in [3.8, 4) is 0 Å². The molecule has 0 heterocycles. The Hall–Kier alpha value is -0.860. The van der Waals surface area contributed by atoms with Crippen molar-refractivity contribution in [1.29, 1.82) is 0 Å². The second-order valence-electron chi connectivity index (χ2n) is 5.03. The molecule has 0 saturated heterocycles. The summed E-state index contributed by atoms with van der Waals surface area (Å²) >= 11 is 0. The molecule has 0 spiro atoms. The van der Waals surface area contributed by atoms with Gasteiger partial charge in [0, 0.05) is 6.04 Å². The van der Waals surface area contributed by atoms with Crippen molar-refractivity contribution in [1.82, 2.24) is 5.43 Å². The van der Waals surface area contributed by atoms with Crippen LogP contribution in [0.4, 0.5) is 0 Å². The molecule has 1 aromatic rings. The summed E-state index contributed by atoms with van der Waals surface area (Å²) in [5.41, 5.74) is 5.61. The topological polar surface area (TPSA) is 38.0 Å². The molecule has 0 radical (unpaired) electrons. The number of hydrogen-bond acceptors (Lipinski definition) is 2. The van der Waals surface area contributed by atoms with Crippen LogP contribution in [0.2, 0.25) is 0 Å². The van der Waals surface area contributed by atoms with E-state index in [2.05, 4.69) is 50.5 Å². The lowest BCUT2D eigenvalue weighted by molar-refractivity contribution is 0.434. The average Bonchev–Trinajstić information content (AvgIpc) is 2.24. The minimum absolute atomic E-state index is 0.393. The van der Waals surface area contributed by atoms with Crippen LogP contribution in [-0.2, 0) is 6.42 Å². The van der Waals surface area contributed by atoms with Crippen LogP contribution >= 0.6 is 0 Å². The van der Waals surface area contributed by atoms with Crippen LogP contribution in [0.3, 0.4) is 0 Å². The Balaban J connectivity index is 2.49. The van der Waals surface area contributed by atoms with Gasteiger partial charge in [0.2, 0.25) is 0 Å². The molecule has 90 valence electrons. The first kappa shape index (κ1) is 13.2. The quantitative estimate of drug-likeness (QED) is 0.571. The second-order valence-corrected chi connectivity index (χ2v) is 5.03. The molecule has 3 N–H and O–H groups in total. The molecule has 1 aromatic carbocycles. The highest BCUT2D eigenvalue weighted by atomic mass is 15.2. The maximum absolute atomic E-state index is 5.59. The van der Waals surface area contributed by atoms with Gasteiger partial charge in [-0.3, -0.25) is 11.3 Å². The first-order valence-corrected chi connectivity index (χ1v) is 6.13. The van der Waals surface area contributed by atoms with Crippen LogP contribution < -0.4 is 11.3 Å². The van der Waals surface area contributed by atoms with Gasteiger partial charge in [-0.15, -0.1) is 0 Å². The van der Waals surface area contributed by atoms with Crippen LogP contribution in [0.1, 0.15) is 37.8 Å². The smallest absolute Gasteiger partial charge is 0.0251 e. The molecule has 0 fully saturated rings. The molecule has 0 aliphatic heterocycles. The number of hydrazine groups is 1. The highest BCUT2D eigenvalue weighted by Crippen LogP contribution is 2.12. The van der Waals surface area contributed by atoms with E-state index in [1.54, 1.807) is 0 Å². The highest BCUT2D eigenvalue weighted by Gasteiger charge is 2.08. The van der Waals surface area contributed by atoms with Gasteiger partial charge >= 0.3 is 0 Å². The summed E-state index contributed by atoms with van der Waals surface area (Å²) in [5, 5.41) is 0. The Morgan fingerprint density at radius 2 is 2.00 bits per heavy atom. The van der Waals surface area contributed by atoms with E-state index in [1.165, 1.54) is 17.5 Å². The molecular formula is C14H24N2. The Morgan fingerprint density at radius 3 is 2.56 bits per heavy atom. The molecule has 2 heteroatoms. The van der Waals surface area contributed by atoms with Gasteiger partial charge in [0.1, 0.15) is 0 Å². The molecule has 1 rings (SSSR count). The highest BCUT2D eigenvalue weighted by molar-refractivity contribution is 5.22. The SMILES string of the molecule is Cc1cccc(CC(CCC(C)C)NN)c1. The number of nitrogens with two attached hydrogens (primary N) is 1. The fraction of sp³-hybridized carbons (Fsp3) is 0.571. The summed E-state index contributed by atoms with van der Waals surface area (Å²) in [6, 6.07) is 9.04. The third kappa shape index (κ3) is 4.77. The van der Waals surface area contributed by atoms with Gasteiger partial charge in [-0.2, -0.15) is 0 Å². The zero-order chi connectivity index (χ0) is 12.0. The van der Waals surface area contributed by atoms with Gasteiger partial charge in [0.25, 0.3) is 0 Å². The predicted molar refractivity (Wildman–Crippen MR) is 70.1 cm³/mol. The van der Waals surface area contributed by atoms with Gasteiger partial charge in [-0.05, 0) is 37.7 Å². The predicted octanol–water partition coefficient (Wildman–Crippen LogP) is 2.81. The van der Waals surface area contributed by atoms with Crippen LogP contribution in [0.5, 0.6) is 0 Å². The van der Waals surface area contributed by atoms with E-state index in [4.69, 9.17) is 5.84 Å². The van der Waals surface area contributed by atoms with Crippen molar-refractivity contribution >= 4 is 0 Å². The molecule has 0 aliphatic rings. The van der Waals surface area contributed by atoms with E-state index in [1.807, 2.05) is 0 Å². The Kier molecular flexibility index (Phi) is 5.50. The summed E-state index contributed by atoms with van der Waals surface area (Å²) in [6.45, 7) is 6.63. The van der Waals surface area contributed by atoms with Gasteiger partial charge < -0.3 is 0 Å². The van der Waals surface area contributed by atoms with E-state index in [0.29, 0.717) is 6.04 Å². The third-order valence-electron chi connectivity index (χ3n) is 2.89. The van der Waals surface area contributed by atoms with Crippen molar-refractivity contribution in [2.24, 2.45) is 11.8 Å². The third-order valence-corrected chi connectivity index (χ3v) is 2.89. The lowest BCUT2D eigenvalue weighted by atomic mass is 9.97. The molecule has 0 aromatic heterocycles. The molecule has 0 saturated carbocycles. The van der Waals surface area contributed by atoms with Crippen LogP contribution in [0, 0.1) is 12.8 Å². The Morgan fingerprint density at radius 1 is 1.25 bits per heavy atom. The minimum Gasteiger partial charge on any atom is -0.271 e. The van der Waals surface area contributed by atoms with E-state index in [-0.39, 0.29) is 0 Å². The first-order chi connectivity index (χ1) is 7.61. The summed E-state index contributed by atoms with van der Waals surface area (Å²) in [4.78, 5) is 0. The summed E-state index contributed by atoms with van der Waals surface area (Å²) in [5.74, 6) is 6.34. The summed E-state index contributed by atoms with van der Waals surface area (Å²) < 4.78 is 0. The number of benzene rings is 1. The van der Waals surface area contributed by atoms with Gasteiger partial charge in [-0.25, -0.2) is 0 Å². The Labute approximate surface area is 99.2 Å². The van der Waals surface area contributed by atoms with Crippen molar-refractivity contribution in [2.45, 2.75) is 46.1 Å². The average molecular weight is 220 g/mol. The first-order valence-electron chi connectivity index (χ1n) is 6.13. The van der Waals surface area contributed by atoms with Gasteiger partial charge in [0.05, 0.1) is 0 Å². The normalized spacial score (nSPS) is 13.1. The fourth-order valence-corrected chi connectivity index (χ4v) is 1.90. The van der Waals surface area contributed by atoms with Gasteiger partial charge in [-0.1, -0.05) is 43.7 Å².